The van der Waals surface area contributed by atoms with Gasteiger partial charge in [0.2, 0.25) is 0 Å². The number of aromatic amines is 1. The van der Waals surface area contributed by atoms with E-state index in [1.54, 1.807) is 0 Å². The first-order chi connectivity index (χ1) is 10.3. The quantitative estimate of drug-likeness (QED) is 0.520. The van der Waals surface area contributed by atoms with Crippen molar-refractivity contribution in [2.45, 2.75) is 6.92 Å². The molecule has 102 valence electrons. The molecule has 1 N–H and O–H groups in total. The Kier molecular flexibility index (Phi) is 2.68. The van der Waals surface area contributed by atoms with Crippen LogP contribution in [0.1, 0.15) is 5.56 Å². The third-order valence-corrected chi connectivity index (χ3v) is 3.73. The molecule has 2 aromatic heterocycles. The van der Waals surface area contributed by atoms with Gasteiger partial charge in [0.25, 0.3) is 0 Å². The predicted octanol–water partition coefficient (Wildman–Crippen LogP) is 5.40. The molecule has 0 saturated heterocycles. The summed E-state index contributed by atoms with van der Waals surface area (Å²) in [5, 5.41) is 1.14. The number of H-pyrrole nitrogens is 1. The van der Waals surface area contributed by atoms with Crippen molar-refractivity contribution in [3.05, 3.63) is 72.4 Å². The number of aromatic nitrogens is 1. The molecule has 0 atom stereocenters. The first kappa shape index (κ1) is 12.0. The van der Waals surface area contributed by atoms with Gasteiger partial charge in [-0.3, -0.25) is 0 Å². The van der Waals surface area contributed by atoms with Crippen molar-refractivity contribution < 1.29 is 4.42 Å². The Labute approximate surface area is 123 Å². The summed E-state index contributed by atoms with van der Waals surface area (Å²) in [6.45, 7) is 2.08. The van der Waals surface area contributed by atoms with Crippen LogP contribution >= 0.6 is 0 Å². The van der Waals surface area contributed by atoms with Crippen LogP contribution in [0.25, 0.3) is 33.6 Å². The number of aryl methyl sites for hydroxylation is 1. The predicted molar refractivity (Wildman–Crippen MR) is 86.2 cm³/mol. The van der Waals surface area contributed by atoms with Crippen molar-refractivity contribution in [2.75, 3.05) is 0 Å². The lowest BCUT2D eigenvalue weighted by Gasteiger charge is -2.01. The van der Waals surface area contributed by atoms with E-state index in [9.17, 15) is 0 Å². The minimum absolute atomic E-state index is 0.906. The number of fused-ring (bicyclic) bond motifs is 1. The van der Waals surface area contributed by atoms with Crippen LogP contribution in [-0.4, -0.2) is 4.98 Å². The Balaban J connectivity index is 1.83. The van der Waals surface area contributed by atoms with Crippen molar-refractivity contribution >= 4 is 11.0 Å². The lowest BCUT2D eigenvalue weighted by molar-refractivity contribution is 0.631. The molecule has 0 fully saturated rings. The molecule has 0 aliphatic rings. The topological polar surface area (TPSA) is 28.9 Å². The number of nitrogens with one attached hydrogen (secondary N) is 1. The summed E-state index contributed by atoms with van der Waals surface area (Å²) in [6, 6.07) is 20.9. The zero-order valence-electron chi connectivity index (χ0n) is 11.8. The standard InChI is InChI=1S/C19H15NO/c1-13-7-8-16-12-19(21-18(16)10-13)15-5-2-4-14(11-15)17-6-3-9-20-17/h2-12,20H,1H3. The second-order valence-electron chi connectivity index (χ2n) is 5.32. The van der Waals surface area contributed by atoms with E-state index in [1.807, 2.05) is 12.3 Å². The number of hydrogen-bond donors (Lipinski definition) is 1. The molecule has 0 radical (unpaired) electrons. The van der Waals surface area contributed by atoms with E-state index in [4.69, 9.17) is 4.42 Å². The minimum atomic E-state index is 0.906. The van der Waals surface area contributed by atoms with Crippen LogP contribution in [0.4, 0.5) is 0 Å². The fraction of sp³-hybridized carbons (Fsp3) is 0.0526. The van der Waals surface area contributed by atoms with Gasteiger partial charge in [-0.05, 0) is 48.4 Å². The first-order valence-corrected chi connectivity index (χ1v) is 7.04. The first-order valence-electron chi connectivity index (χ1n) is 7.04. The Morgan fingerprint density at radius 2 is 1.76 bits per heavy atom. The lowest BCUT2D eigenvalue weighted by Crippen LogP contribution is -1.79. The van der Waals surface area contributed by atoms with Crippen molar-refractivity contribution in [3.8, 4) is 22.6 Å². The Bertz CT molecular complexity index is 900. The van der Waals surface area contributed by atoms with Gasteiger partial charge in [-0.15, -0.1) is 0 Å². The number of furan rings is 1. The van der Waals surface area contributed by atoms with Crippen molar-refractivity contribution in [1.82, 2.24) is 4.98 Å². The molecule has 0 aliphatic carbocycles. The van der Waals surface area contributed by atoms with Crippen LogP contribution in [-0.2, 0) is 0 Å². The molecule has 4 aromatic rings. The molecule has 0 unspecified atom stereocenters. The largest absolute Gasteiger partial charge is 0.456 e. The summed E-state index contributed by atoms with van der Waals surface area (Å²) in [7, 11) is 0. The van der Waals surface area contributed by atoms with Crippen molar-refractivity contribution in [2.24, 2.45) is 0 Å². The number of benzene rings is 2. The molecule has 2 heteroatoms. The van der Waals surface area contributed by atoms with Gasteiger partial charge in [0.15, 0.2) is 0 Å². The van der Waals surface area contributed by atoms with Gasteiger partial charge in [-0.25, -0.2) is 0 Å². The van der Waals surface area contributed by atoms with Gasteiger partial charge in [0, 0.05) is 22.8 Å². The van der Waals surface area contributed by atoms with Gasteiger partial charge >= 0.3 is 0 Å². The Hall–Kier alpha value is -2.74. The molecule has 2 aromatic carbocycles. The third-order valence-electron chi connectivity index (χ3n) is 3.73. The van der Waals surface area contributed by atoms with E-state index in [2.05, 4.69) is 66.5 Å². The molecule has 0 bridgehead atoms. The zero-order valence-corrected chi connectivity index (χ0v) is 11.8. The summed E-state index contributed by atoms with van der Waals surface area (Å²) in [4.78, 5) is 3.24. The van der Waals surface area contributed by atoms with Crippen LogP contribution in [0.2, 0.25) is 0 Å². The summed E-state index contributed by atoms with van der Waals surface area (Å²) < 4.78 is 6.00. The molecule has 0 spiro atoms. The summed E-state index contributed by atoms with van der Waals surface area (Å²) in [6.07, 6.45) is 1.94. The van der Waals surface area contributed by atoms with Crippen LogP contribution in [0.15, 0.2) is 71.3 Å². The van der Waals surface area contributed by atoms with Crippen molar-refractivity contribution in [3.63, 3.8) is 0 Å². The van der Waals surface area contributed by atoms with E-state index < -0.39 is 0 Å². The second kappa shape index (κ2) is 4.67. The molecule has 0 saturated carbocycles. The molecule has 0 amide bonds. The van der Waals surface area contributed by atoms with Gasteiger partial charge in [-0.2, -0.15) is 0 Å². The van der Waals surface area contributed by atoms with Crippen LogP contribution in [0, 0.1) is 6.92 Å². The Morgan fingerprint density at radius 1 is 0.857 bits per heavy atom. The van der Waals surface area contributed by atoms with Crippen molar-refractivity contribution in [1.29, 1.82) is 0 Å². The van der Waals surface area contributed by atoms with Crippen LogP contribution in [0.3, 0.4) is 0 Å². The highest BCUT2D eigenvalue weighted by Crippen LogP contribution is 2.30. The van der Waals surface area contributed by atoms with E-state index >= 15 is 0 Å². The summed E-state index contributed by atoms with van der Waals surface area (Å²) >= 11 is 0. The highest BCUT2D eigenvalue weighted by atomic mass is 16.3. The average molecular weight is 273 g/mol. The molecule has 2 nitrogen and oxygen atoms in total. The molecule has 21 heavy (non-hydrogen) atoms. The van der Waals surface area contributed by atoms with Crippen LogP contribution < -0.4 is 0 Å². The van der Waals surface area contributed by atoms with Gasteiger partial charge in [0.1, 0.15) is 11.3 Å². The SMILES string of the molecule is Cc1ccc2cc(-c3cccc(-c4ccc[nH]4)c3)oc2c1. The third kappa shape index (κ3) is 2.15. The maximum Gasteiger partial charge on any atom is 0.135 e. The molecule has 0 aliphatic heterocycles. The Morgan fingerprint density at radius 3 is 2.62 bits per heavy atom. The molecule has 2 heterocycles. The smallest absolute Gasteiger partial charge is 0.135 e. The summed E-state index contributed by atoms with van der Waals surface area (Å²) in [5.41, 5.74) is 5.52. The molecular formula is C19H15NO. The maximum atomic E-state index is 6.00. The summed E-state index contributed by atoms with van der Waals surface area (Å²) in [5.74, 6) is 0.906. The van der Waals surface area contributed by atoms with E-state index in [0.29, 0.717) is 0 Å². The van der Waals surface area contributed by atoms with Gasteiger partial charge in [0.05, 0.1) is 0 Å². The number of hydrogen-bond acceptors (Lipinski definition) is 1. The minimum Gasteiger partial charge on any atom is -0.456 e. The van der Waals surface area contributed by atoms with Crippen LogP contribution in [0.5, 0.6) is 0 Å². The monoisotopic (exact) mass is 273 g/mol. The molecule has 4 rings (SSSR count). The van der Waals surface area contributed by atoms with E-state index in [0.717, 1.165) is 33.6 Å². The zero-order chi connectivity index (χ0) is 14.2. The number of rotatable bonds is 2. The fourth-order valence-electron chi connectivity index (χ4n) is 2.63. The lowest BCUT2D eigenvalue weighted by atomic mass is 10.1. The average Bonchev–Trinajstić information content (AvgIpc) is 3.16. The van der Waals surface area contributed by atoms with E-state index in [-0.39, 0.29) is 0 Å². The second-order valence-corrected chi connectivity index (χ2v) is 5.32. The fourth-order valence-corrected chi connectivity index (χ4v) is 2.63. The van der Waals surface area contributed by atoms with E-state index in [1.165, 1.54) is 5.56 Å². The van der Waals surface area contributed by atoms with Gasteiger partial charge in [-0.1, -0.05) is 30.3 Å². The highest BCUT2D eigenvalue weighted by Gasteiger charge is 2.08. The molecular weight excluding hydrogens is 258 g/mol. The highest BCUT2D eigenvalue weighted by molar-refractivity contribution is 5.84. The van der Waals surface area contributed by atoms with Gasteiger partial charge < -0.3 is 9.40 Å². The maximum absolute atomic E-state index is 6.00. The normalized spacial score (nSPS) is 11.1.